The van der Waals surface area contributed by atoms with E-state index in [1.807, 2.05) is 0 Å². The summed E-state index contributed by atoms with van der Waals surface area (Å²) in [7, 11) is 0. The average Bonchev–Trinajstić information content (AvgIpc) is 3.58. The van der Waals surface area contributed by atoms with Crippen molar-refractivity contribution in [3.63, 3.8) is 0 Å². The van der Waals surface area contributed by atoms with Crippen LogP contribution in [0.5, 0.6) is 0 Å². The minimum absolute atomic E-state index is 1.17. The fourth-order valence-electron chi connectivity index (χ4n) is 6.01. The molecule has 0 radical (unpaired) electrons. The van der Waals surface area contributed by atoms with Gasteiger partial charge in [0.05, 0.1) is 16.6 Å². The van der Waals surface area contributed by atoms with E-state index in [0.29, 0.717) is 0 Å². The van der Waals surface area contributed by atoms with Crippen molar-refractivity contribution in [1.82, 2.24) is 9.13 Å². The van der Waals surface area contributed by atoms with Crippen molar-refractivity contribution in [3.05, 3.63) is 146 Å². The van der Waals surface area contributed by atoms with E-state index >= 15 is 0 Å². The Bertz CT molecular complexity index is 2100. The first kappa shape index (κ1) is 21.0. The van der Waals surface area contributed by atoms with Crippen LogP contribution in [0.3, 0.4) is 0 Å². The molecular weight excluding hydrogens is 460 g/mol. The van der Waals surface area contributed by atoms with Gasteiger partial charge >= 0.3 is 0 Å². The highest BCUT2D eigenvalue weighted by Crippen LogP contribution is 2.39. The third-order valence-corrected chi connectivity index (χ3v) is 7.77. The molecule has 2 heteroatoms. The Hall–Kier alpha value is -5.08. The molecule has 8 aromatic rings. The second-order valence-electron chi connectivity index (χ2n) is 9.84. The van der Waals surface area contributed by atoms with Crippen molar-refractivity contribution in [3.8, 4) is 22.5 Å². The number of fused-ring (bicyclic) bond motifs is 7. The molecule has 0 amide bonds. The van der Waals surface area contributed by atoms with Crippen LogP contribution in [0, 0.1) is 0 Å². The van der Waals surface area contributed by atoms with Crippen LogP contribution in [0.4, 0.5) is 0 Å². The Kier molecular flexibility index (Phi) is 4.55. The fraction of sp³-hybridized carbons (Fsp3) is 0. The summed E-state index contributed by atoms with van der Waals surface area (Å²) in [6, 6.07) is 50.2. The second kappa shape index (κ2) is 8.22. The molecule has 0 unspecified atom stereocenters. The van der Waals surface area contributed by atoms with Gasteiger partial charge in [0, 0.05) is 39.1 Å². The Labute approximate surface area is 220 Å². The maximum atomic E-state index is 2.43. The van der Waals surface area contributed by atoms with Crippen molar-refractivity contribution in [1.29, 1.82) is 0 Å². The Morgan fingerprint density at radius 3 is 1.76 bits per heavy atom. The molecule has 0 aliphatic carbocycles. The summed E-state index contributed by atoms with van der Waals surface area (Å²) >= 11 is 0. The lowest BCUT2D eigenvalue weighted by Crippen LogP contribution is -1.95. The maximum Gasteiger partial charge on any atom is 0.0619 e. The molecule has 6 aromatic carbocycles. The zero-order valence-electron chi connectivity index (χ0n) is 20.8. The predicted molar refractivity (Wildman–Crippen MR) is 161 cm³/mol. The summed E-state index contributed by atoms with van der Waals surface area (Å²) in [5.74, 6) is 0. The van der Waals surface area contributed by atoms with Gasteiger partial charge in [-0.1, -0.05) is 97.1 Å². The molecule has 0 aliphatic heterocycles. The minimum Gasteiger partial charge on any atom is -0.317 e. The second-order valence-corrected chi connectivity index (χ2v) is 9.84. The third-order valence-electron chi connectivity index (χ3n) is 7.77. The van der Waals surface area contributed by atoms with Gasteiger partial charge in [0.2, 0.25) is 0 Å². The zero-order valence-corrected chi connectivity index (χ0v) is 20.8. The number of benzene rings is 6. The summed E-state index contributed by atoms with van der Waals surface area (Å²) in [5.41, 5.74) is 8.51. The smallest absolute Gasteiger partial charge is 0.0619 e. The van der Waals surface area contributed by atoms with Crippen LogP contribution in [0.1, 0.15) is 0 Å². The van der Waals surface area contributed by atoms with E-state index in [9.17, 15) is 0 Å². The molecule has 0 saturated carbocycles. The molecule has 8 rings (SSSR count). The number of hydrogen-bond acceptors (Lipinski definition) is 0. The van der Waals surface area contributed by atoms with E-state index in [2.05, 4.69) is 155 Å². The van der Waals surface area contributed by atoms with Crippen LogP contribution >= 0.6 is 0 Å². The number of aromatic nitrogens is 2. The van der Waals surface area contributed by atoms with Gasteiger partial charge < -0.3 is 9.13 Å². The molecule has 0 fully saturated rings. The zero-order chi connectivity index (χ0) is 25.1. The van der Waals surface area contributed by atoms with Crippen molar-refractivity contribution in [2.75, 3.05) is 0 Å². The van der Waals surface area contributed by atoms with Gasteiger partial charge in [-0.3, -0.25) is 0 Å². The van der Waals surface area contributed by atoms with E-state index < -0.39 is 0 Å². The van der Waals surface area contributed by atoms with Crippen molar-refractivity contribution in [2.24, 2.45) is 0 Å². The number of hydrogen-bond donors (Lipinski definition) is 0. The van der Waals surface area contributed by atoms with Gasteiger partial charge in [0.25, 0.3) is 0 Å². The van der Waals surface area contributed by atoms with Crippen LogP contribution in [0.15, 0.2) is 146 Å². The summed E-state index contributed by atoms with van der Waals surface area (Å²) in [5, 5.41) is 6.36. The molecule has 0 atom stereocenters. The monoisotopic (exact) mass is 484 g/mol. The fourth-order valence-corrected chi connectivity index (χ4v) is 6.01. The van der Waals surface area contributed by atoms with E-state index in [-0.39, 0.29) is 0 Å². The van der Waals surface area contributed by atoms with Gasteiger partial charge in [-0.15, -0.1) is 0 Å². The number of nitrogens with zero attached hydrogens (tertiary/aromatic N) is 2. The number of para-hydroxylation sites is 2. The van der Waals surface area contributed by atoms with E-state index in [0.717, 1.165) is 0 Å². The van der Waals surface area contributed by atoms with E-state index in [4.69, 9.17) is 0 Å². The SMILES string of the molecule is c1ccc(-c2ccc(-n3c4ccccc4c4ccc5c6ccn(-c7ccccc7)c6ccc5c43)cc2)cc1. The topological polar surface area (TPSA) is 9.86 Å². The molecule has 2 nitrogen and oxygen atoms in total. The van der Waals surface area contributed by atoms with Gasteiger partial charge in [-0.2, -0.15) is 0 Å². The molecule has 178 valence electrons. The quantitative estimate of drug-likeness (QED) is 0.236. The molecule has 0 spiro atoms. The summed E-state index contributed by atoms with van der Waals surface area (Å²) in [4.78, 5) is 0. The lowest BCUT2D eigenvalue weighted by atomic mass is 10.0. The summed E-state index contributed by atoms with van der Waals surface area (Å²) in [6.07, 6.45) is 2.18. The van der Waals surface area contributed by atoms with Gasteiger partial charge in [-0.05, 0) is 59.0 Å². The van der Waals surface area contributed by atoms with Crippen LogP contribution < -0.4 is 0 Å². The highest BCUT2D eigenvalue weighted by Gasteiger charge is 2.17. The first-order chi connectivity index (χ1) is 18.9. The van der Waals surface area contributed by atoms with Gasteiger partial charge in [0.15, 0.2) is 0 Å². The van der Waals surface area contributed by atoms with E-state index in [1.165, 1.54) is 66.0 Å². The predicted octanol–water partition coefficient (Wildman–Crippen LogP) is 9.55. The molecular formula is C36H24N2. The molecule has 2 aromatic heterocycles. The van der Waals surface area contributed by atoms with Crippen molar-refractivity contribution < 1.29 is 0 Å². The number of rotatable bonds is 3. The third kappa shape index (κ3) is 3.07. The molecule has 0 N–H and O–H groups in total. The van der Waals surface area contributed by atoms with Crippen LogP contribution in [-0.2, 0) is 0 Å². The first-order valence-corrected chi connectivity index (χ1v) is 13.0. The molecule has 0 aliphatic rings. The van der Waals surface area contributed by atoms with Crippen molar-refractivity contribution >= 4 is 43.5 Å². The first-order valence-electron chi connectivity index (χ1n) is 13.0. The minimum atomic E-state index is 1.17. The molecule has 38 heavy (non-hydrogen) atoms. The molecule has 2 heterocycles. The molecule has 0 bridgehead atoms. The summed E-state index contributed by atoms with van der Waals surface area (Å²) in [6.45, 7) is 0. The Balaban J connectivity index is 1.40. The van der Waals surface area contributed by atoms with Gasteiger partial charge in [0.1, 0.15) is 0 Å². The normalized spacial score (nSPS) is 11.7. The average molecular weight is 485 g/mol. The summed E-state index contributed by atoms with van der Waals surface area (Å²) < 4.78 is 4.71. The van der Waals surface area contributed by atoms with Crippen LogP contribution in [0.2, 0.25) is 0 Å². The molecule has 0 saturated heterocycles. The largest absolute Gasteiger partial charge is 0.317 e. The van der Waals surface area contributed by atoms with Crippen LogP contribution in [0.25, 0.3) is 66.0 Å². The van der Waals surface area contributed by atoms with E-state index in [1.54, 1.807) is 0 Å². The Morgan fingerprint density at radius 1 is 0.342 bits per heavy atom. The van der Waals surface area contributed by atoms with Crippen LogP contribution in [-0.4, -0.2) is 9.13 Å². The highest BCUT2D eigenvalue weighted by atomic mass is 15.0. The van der Waals surface area contributed by atoms with Crippen molar-refractivity contribution in [2.45, 2.75) is 0 Å². The standard InChI is InChI=1S/C36H24N2/c1-3-9-25(10-4-1)26-15-17-28(18-16-26)38-35-14-8-7-13-30(35)33-20-19-29-31-23-24-37(27-11-5-2-6-12-27)34(31)22-21-32(29)36(33)38/h1-24H. The lowest BCUT2D eigenvalue weighted by Gasteiger charge is -2.12. The maximum absolute atomic E-state index is 2.43. The highest BCUT2D eigenvalue weighted by molar-refractivity contribution is 6.22. The lowest BCUT2D eigenvalue weighted by molar-refractivity contribution is 1.13. The van der Waals surface area contributed by atoms with Gasteiger partial charge in [-0.25, -0.2) is 0 Å². The Morgan fingerprint density at radius 2 is 0.947 bits per heavy atom.